The summed E-state index contributed by atoms with van der Waals surface area (Å²) in [6, 6.07) is 7.27. The molecule has 2 aromatic rings. The molecule has 0 aliphatic rings. The Morgan fingerprint density at radius 2 is 2.06 bits per heavy atom. The molecule has 2 rings (SSSR count). The molecule has 1 aromatic carbocycles. The highest BCUT2D eigenvalue weighted by molar-refractivity contribution is 6.35. The van der Waals surface area contributed by atoms with Crippen LogP contribution in [-0.2, 0) is 0 Å². The lowest BCUT2D eigenvalue weighted by Gasteiger charge is -2.00. The van der Waals surface area contributed by atoms with Crippen LogP contribution < -0.4 is 4.74 Å². The van der Waals surface area contributed by atoms with Crippen LogP contribution in [0.25, 0.3) is 11.3 Å². The molecule has 0 aliphatic carbocycles. The number of methoxy groups -OCH3 is 1. The van der Waals surface area contributed by atoms with E-state index in [1.165, 1.54) is 0 Å². The number of rotatable bonds is 3. The smallest absolute Gasteiger partial charge is 0.169 e. The Kier molecular flexibility index (Phi) is 2.92. The summed E-state index contributed by atoms with van der Waals surface area (Å²) in [4.78, 5) is 10.6. The molecular weight excluding hydrogens is 228 g/mol. The number of nitrogens with zero attached hydrogens (tertiary/aromatic N) is 1. The van der Waals surface area contributed by atoms with E-state index in [1.54, 1.807) is 19.2 Å². The Balaban J connectivity index is 2.42. The number of H-pyrrole nitrogens is 1. The van der Waals surface area contributed by atoms with E-state index in [0.29, 0.717) is 17.0 Å². The van der Waals surface area contributed by atoms with E-state index in [0.717, 1.165) is 11.3 Å². The van der Waals surface area contributed by atoms with Crippen molar-refractivity contribution in [1.29, 1.82) is 0 Å². The molecule has 0 radical (unpaired) electrons. The second-order valence-corrected chi connectivity index (χ2v) is 3.52. The summed E-state index contributed by atoms with van der Waals surface area (Å²) >= 11 is 5.98. The molecule has 5 heteroatoms. The van der Waals surface area contributed by atoms with E-state index in [2.05, 4.69) is 10.2 Å². The average molecular weight is 237 g/mol. The number of nitrogens with one attached hydrogen (secondary N) is 1. The zero-order valence-electron chi connectivity index (χ0n) is 8.53. The maximum absolute atomic E-state index is 10.6. The minimum Gasteiger partial charge on any atom is -0.497 e. The van der Waals surface area contributed by atoms with Crippen LogP contribution in [-0.4, -0.2) is 23.6 Å². The van der Waals surface area contributed by atoms with E-state index in [-0.39, 0.29) is 5.69 Å². The number of carbonyl (C=O) groups is 1. The first-order valence-electron chi connectivity index (χ1n) is 4.59. The second-order valence-electron chi connectivity index (χ2n) is 3.15. The molecule has 0 bridgehead atoms. The number of hydrogen-bond acceptors (Lipinski definition) is 3. The molecule has 4 nitrogen and oxygen atoms in total. The maximum atomic E-state index is 10.6. The van der Waals surface area contributed by atoms with Gasteiger partial charge in [-0.3, -0.25) is 9.89 Å². The highest BCUT2D eigenvalue weighted by Crippen LogP contribution is 2.28. The van der Waals surface area contributed by atoms with E-state index in [9.17, 15) is 4.79 Å². The fraction of sp³-hybridized carbons (Fsp3) is 0.0909. The van der Waals surface area contributed by atoms with Crippen LogP contribution in [0.2, 0.25) is 5.02 Å². The third kappa shape index (κ3) is 1.79. The molecule has 16 heavy (non-hydrogen) atoms. The molecule has 82 valence electrons. The molecule has 0 spiro atoms. The summed E-state index contributed by atoms with van der Waals surface area (Å²) in [6.45, 7) is 0. The number of aldehydes is 1. The first kappa shape index (κ1) is 10.7. The minimum absolute atomic E-state index is 0.285. The molecule has 0 saturated carbocycles. The van der Waals surface area contributed by atoms with Crippen molar-refractivity contribution in [2.24, 2.45) is 0 Å². The SMILES string of the molecule is COc1ccc(-c2n[nH]c(C=O)c2Cl)cc1. The molecular formula is C11H9ClN2O2. The quantitative estimate of drug-likeness (QED) is 0.834. The van der Waals surface area contributed by atoms with Crippen LogP contribution >= 0.6 is 11.6 Å². The molecule has 0 saturated heterocycles. The van der Waals surface area contributed by atoms with E-state index >= 15 is 0 Å². The first-order chi connectivity index (χ1) is 7.76. The maximum Gasteiger partial charge on any atom is 0.169 e. The molecule has 1 N–H and O–H groups in total. The van der Waals surface area contributed by atoms with Crippen molar-refractivity contribution in [2.45, 2.75) is 0 Å². The van der Waals surface area contributed by atoms with Gasteiger partial charge in [-0.05, 0) is 24.3 Å². The topological polar surface area (TPSA) is 55.0 Å². The van der Waals surface area contributed by atoms with Gasteiger partial charge in [-0.2, -0.15) is 5.10 Å². The van der Waals surface area contributed by atoms with E-state index in [1.807, 2.05) is 12.1 Å². The highest BCUT2D eigenvalue weighted by atomic mass is 35.5. The van der Waals surface area contributed by atoms with Crippen LogP contribution in [0.15, 0.2) is 24.3 Å². The third-order valence-electron chi connectivity index (χ3n) is 2.21. The van der Waals surface area contributed by atoms with Gasteiger partial charge in [0.1, 0.15) is 17.1 Å². The Morgan fingerprint density at radius 1 is 1.38 bits per heavy atom. The van der Waals surface area contributed by atoms with Crippen molar-refractivity contribution in [1.82, 2.24) is 10.2 Å². The van der Waals surface area contributed by atoms with Crippen LogP contribution in [0.3, 0.4) is 0 Å². The van der Waals surface area contributed by atoms with Crippen LogP contribution in [0, 0.1) is 0 Å². The number of halogens is 1. The highest BCUT2D eigenvalue weighted by Gasteiger charge is 2.11. The largest absolute Gasteiger partial charge is 0.497 e. The normalized spacial score (nSPS) is 10.1. The van der Waals surface area contributed by atoms with Crippen LogP contribution in [0.1, 0.15) is 10.5 Å². The standard InChI is InChI=1S/C11H9ClN2O2/c1-16-8-4-2-7(3-5-8)11-10(12)9(6-15)13-14-11/h2-6H,1H3,(H,13,14). The molecule has 0 unspecified atom stereocenters. The number of ether oxygens (including phenoxy) is 1. The fourth-order valence-electron chi connectivity index (χ4n) is 1.36. The minimum atomic E-state index is 0.285. The van der Waals surface area contributed by atoms with Gasteiger partial charge in [0.15, 0.2) is 6.29 Å². The summed E-state index contributed by atoms with van der Waals surface area (Å²) in [7, 11) is 1.60. The molecule has 1 heterocycles. The Morgan fingerprint density at radius 3 is 2.56 bits per heavy atom. The first-order valence-corrected chi connectivity index (χ1v) is 4.97. The van der Waals surface area contributed by atoms with Crippen molar-refractivity contribution in [3.8, 4) is 17.0 Å². The zero-order chi connectivity index (χ0) is 11.5. The monoisotopic (exact) mass is 236 g/mol. The Bertz CT molecular complexity index is 505. The zero-order valence-corrected chi connectivity index (χ0v) is 9.28. The lowest BCUT2D eigenvalue weighted by Crippen LogP contribution is -1.83. The Labute approximate surface area is 97.2 Å². The molecule has 0 aliphatic heterocycles. The van der Waals surface area contributed by atoms with Crippen molar-refractivity contribution in [3.05, 3.63) is 35.0 Å². The lowest BCUT2D eigenvalue weighted by atomic mass is 10.1. The van der Waals surface area contributed by atoms with Crippen molar-refractivity contribution in [3.63, 3.8) is 0 Å². The van der Waals surface area contributed by atoms with Gasteiger partial charge in [-0.15, -0.1) is 0 Å². The average Bonchev–Trinajstić information content (AvgIpc) is 2.70. The number of aromatic nitrogens is 2. The van der Waals surface area contributed by atoms with Gasteiger partial charge >= 0.3 is 0 Å². The van der Waals surface area contributed by atoms with Crippen molar-refractivity contribution < 1.29 is 9.53 Å². The van der Waals surface area contributed by atoms with Crippen molar-refractivity contribution >= 4 is 17.9 Å². The number of aromatic amines is 1. The second kappa shape index (κ2) is 4.37. The summed E-state index contributed by atoms with van der Waals surface area (Å²) < 4.78 is 5.04. The molecule has 0 fully saturated rings. The predicted molar refractivity (Wildman–Crippen MR) is 61.0 cm³/mol. The molecule has 1 aromatic heterocycles. The molecule has 0 amide bonds. The predicted octanol–water partition coefficient (Wildman–Crippen LogP) is 2.55. The lowest BCUT2D eigenvalue weighted by molar-refractivity contribution is 0.111. The fourth-order valence-corrected chi connectivity index (χ4v) is 1.60. The van der Waals surface area contributed by atoms with Gasteiger partial charge in [-0.1, -0.05) is 11.6 Å². The summed E-state index contributed by atoms with van der Waals surface area (Å²) in [5.41, 5.74) is 1.68. The van der Waals surface area contributed by atoms with Crippen molar-refractivity contribution in [2.75, 3.05) is 7.11 Å². The van der Waals surface area contributed by atoms with Crippen LogP contribution in [0.5, 0.6) is 5.75 Å². The van der Waals surface area contributed by atoms with Gasteiger partial charge in [-0.25, -0.2) is 0 Å². The van der Waals surface area contributed by atoms with Gasteiger partial charge in [0.05, 0.1) is 12.1 Å². The summed E-state index contributed by atoms with van der Waals surface area (Å²) in [6.07, 6.45) is 0.641. The number of carbonyl (C=O) groups excluding carboxylic acids is 1. The summed E-state index contributed by atoms with van der Waals surface area (Å²) in [5.74, 6) is 0.756. The van der Waals surface area contributed by atoms with E-state index in [4.69, 9.17) is 16.3 Å². The molecule has 0 atom stereocenters. The van der Waals surface area contributed by atoms with Gasteiger partial charge < -0.3 is 4.74 Å². The summed E-state index contributed by atoms with van der Waals surface area (Å²) in [5, 5.41) is 6.89. The van der Waals surface area contributed by atoms with Gasteiger partial charge in [0.2, 0.25) is 0 Å². The van der Waals surface area contributed by atoms with Gasteiger partial charge in [0.25, 0.3) is 0 Å². The number of hydrogen-bond donors (Lipinski definition) is 1. The van der Waals surface area contributed by atoms with Gasteiger partial charge in [0, 0.05) is 5.56 Å². The third-order valence-corrected chi connectivity index (χ3v) is 2.60. The Hall–Kier alpha value is -1.81. The number of benzene rings is 1. The van der Waals surface area contributed by atoms with Crippen LogP contribution in [0.4, 0.5) is 0 Å². The van der Waals surface area contributed by atoms with E-state index < -0.39 is 0 Å².